The van der Waals surface area contributed by atoms with E-state index >= 15 is 0 Å². The van der Waals surface area contributed by atoms with Gasteiger partial charge in [-0.05, 0) is 72.8 Å². The van der Waals surface area contributed by atoms with E-state index in [9.17, 15) is 0 Å². The maximum Gasteiger partial charge on any atom is 0.134 e. The lowest BCUT2D eigenvalue weighted by Gasteiger charge is -1.92. The minimum atomic E-state index is 1.08. The Morgan fingerprint density at radius 3 is 1.41 bits per heavy atom. The second-order valence-electron chi connectivity index (χ2n) is 8.09. The van der Waals surface area contributed by atoms with Crippen LogP contribution in [-0.4, -0.2) is 9.97 Å². The summed E-state index contributed by atoms with van der Waals surface area (Å²) in [5.74, 6) is 0. The fourth-order valence-corrected chi connectivity index (χ4v) is 11.5. The quantitative estimate of drug-likeness (QED) is 0.225. The van der Waals surface area contributed by atoms with Gasteiger partial charge in [0.15, 0.2) is 0 Å². The minimum absolute atomic E-state index is 1.08. The summed E-state index contributed by atoms with van der Waals surface area (Å²) in [7, 11) is 0. The van der Waals surface area contributed by atoms with Crippen LogP contribution in [0.25, 0.3) is 59.0 Å². The number of hydrogen-bond donors (Lipinski definition) is 0. The molecule has 0 saturated heterocycles. The summed E-state index contributed by atoms with van der Waals surface area (Å²) in [6.07, 6.45) is 0. The molecule has 7 rings (SSSR count). The Morgan fingerprint density at radius 1 is 0.562 bits per heavy atom. The summed E-state index contributed by atoms with van der Waals surface area (Å²) < 4.78 is 8.09. The lowest BCUT2D eigenvalue weighted by atomic mass is 10.2. The van der Waals surface area contributed by atoms with Crippen LogP contribution in [0.1, 0.15) is 22.3 Å². The lowest BCUT2D eigenvalue weighted by Crippen LogP contribution is -1.74. The molecule has 0 bridgehead atoms. The van der Waals surface area contributed by atoms with Gasteiger partial charge < -0.3 is 0 Å². The molecular weight excluding hydrogens is 509 g/mol. The maximum absolute atomic E-state index is 5.05. The van der Waals surface area contributed by atoms with Gasteiger partial charge in [-0.15, -0.1) is 68.0 Å². The van der Waals surface area contributed by atoms with Crippen molar-refractivity contribution in [2.75, 3.05) is 0 Å². The monoisotopic (exact) mass is 524 g/mol. The number of rotatable bonds is 2. The smallest absolute Gasteiger partial charge is 0.134 e. The zero-order chi connectivity index (χ0) is 21.7. The molecule has 8 heteroatoms. The molecule has 0 atom stereocenters. The van der Waals surface area contributed by atoms with Crippen LogP contribution in [0, 0.1) is 27.7 Å². The van der Waals surface area contributed by atoms with E-state index in [1.807, 2.05) is 45.3 Å². The highest BCUT2D eigenvalue weighted by Crippen LogP contribution is 2.47. The van der Waals surface area contributed by atoms with E-state index in [1.165, 1.54) is 60.2 Å². The summed E-state index contributed by atoms with van der Waals surface area (Å²) in [5, 5.41) is 6.78. The first kappa shape index (κ1) is 19.8. The van der Waals surface area contributed by atoms with Crippen molar-refractivity contribution in [1.82, 2.24) is 9.97 Å². The number of thiazole rings is 2. The molecule has 0 aliphatic carbocycles. The van der Waals surface area contributed by atoms with Gasteiger partial charge in [0.05, 0.1) is 30.2 Å². The normalized spacial score (nSPS) is 12.4. The van der Waals surface area contributed by atoms with Gasteiger partial charge in [-0.2, -0.15) is 0 Å². The molecule has 32 heavy (non-hydrogen) atoms. The van der Waals surface area contributed by atoms with Gasteiger partial charge in [0.25, 0.3) is 0 Å². The minimum Gasteiger partial charge on any atom is -0.235 e. The largest absolute Gasteiger partial charge is 0.235 e. The predicted octanol–water partition coefficient (Wildman–Crippen LogP) is 10.0. The van der Waals surface area contributed by atoms with Crippen molar-refractivity contribution >= 4 is 107 Å². The molecule has 6 aromatic heterocycles. The highest BCUT2D eigenvalue weighted by molar-refractivity contribution is 7.33. The van der Waals surface area contributed by atoms with Gasteiger partial charge in [0.1, 0.15) is 10.0 Å². The van der Waals surface area contributed by atoms with Crippen molar-refractivity contribution in [3.8, 4) is 19.8 Å². The first-order valence-electron chi connectivity index (χ1n) is 10.1. The van der Waals surface area contributed by atoms with E-state index in [0.29, 0.717) is 0 Å². The van der Waals surface area contributed by atoms with Crippen LogP contribution >= 0.6 is 68.0 Å². The fourth-order valence-electron chi connectivity index (χ4n) is 4.15. The van der Waals surface area contributed by atoms with Gasteiger partial charge in [-0.3, -0.25) is 0 Å². The molecule has 0 saturated carbocycles. The second-order valence-corrected chi connectivity index (χ2v) is 14.0. The molecule has 1 aromatic carbocycles. The van der Waals surface area contributed by atoms with Crippen molar-refractivity contribution in [3.63, 3.8) is 0 Å². The molecule has 158 valence electrons. The van der Waals surface area contributed by atoms with Gasteiger partial charge >= 0.3 is 0 Å². The Balaban J connectivity index is 1.36. The summed E-state index contributed by atoms with van der Waals surface area (Å²) in [6.45, 7) is 8.88. The third kappa shape index (κ3) is 2.71. The van der Waals surface area contributed by atoms with Crippen LogP contribution in [0.15, 0.2) is 22.9 Å². The molecule has 0 amide bonds. The summed E-state index contributed by atoms with van der Waals surface area (Å²) in [5.41, 5.74) is 7.66. The first-order valence-corrected chi connectivity index (χ1v) is 15.2. The number of fused-ring (bicyclic) bond motifs is 4. The Hall–Kier alpha value is -1.68. The van der Waals surface area contributed by atoms with Gasteiger partial charge in [-0.1, -0.05) is 0 Å². The average molecular weight is 525 g/mol. The van der Waals surface area contributed by atoms with Crippen molar-refractivity contribution < 1.29 is 0 Å². The molecule has 0 unspecified atom stereocenters. The van der Waals surface area contributed by atoms with Gasteiger partial charge in [-0.25, -0.2) is 9.97 Å². The molecule has 6 heterocycles. The van der Waals surface area contributed by atoms with E-state index in [1.54, 1.807) is 22.7 Å². The van der Waals surface area contributed by atoms with Gasteiger partial charge in [0.2, 0.25) is 0 Å². The summed E-state index contributed by atoms with van der Waals surface area (Å²) in [4.78, 5) is 12.7. The first-order chi connectivity index (χ1) is 15.5. The average Bonchev–Trinajstić information content (AvgIpc) is 3.57. The molecular formula is C24H16N2S6. The lowest BCUT2D eigenvalue weighted by molar-refractivity contribution is 1.47. The van der Waals surface area contributed by atoms with Crippen LogP contribution in [0.5, 0.6) is 0 Å². The van der Waals surface area contributed by atoms with Crippen molar-refractivity contribution in [1.29, 1.82) is 0 Å². The molecule has 2 nitrogen and oxygen atoms in total. The summed E-state index contributed by atoms with van der Waals surface area (Å²) >= 11 is 11.1. The van der Waals surface area contributed by atoms with E-state index < -0.39 is 0 Å². The molecule has 0 fully saturated rings. The van der Waals surface area contributed by atoms with Crippen molar-refractivity contribution in [2.24, 2.45) is 0 Å². The molecule has 0 N–H and O–H groups in total. The van der Waals surface area contributed by atoms with Crippen LogP contribution in [0.3, 0.4) is 0 Å². The highest BCUT2D eigenvalue weighted by atomic mass is 32.1. The third-order valence-corrected chi connectivity index (χ3v) is 13.8. The Bertz CT molecular complexity index is 1650. The number of aryl methyl sites for hydroxylation is 4. The van der Waals surface area contributed by atoms with E-state index in [4.69, 9.17) is 9.97 Å². The number of benzene rings is 1. The van der Waals surface area contributed by atoms with Gasteiger partial charge in [0, 0.05) is 18.8 Å². The molecule has 7 aromatic rings. The topological polar surface area (TPSA) is 25.8 Å². The zero-order valence-electron chi connectivity index (χ0n) is 17.7. The van der Waals surface area contributed by atoms with Crippen LogP contribution in [0.2, 0.25) is 0 Å². The number of aromatic nitrogens is 2. The van der Waals surface area contributed by atoms with Crippen molar-refractivity contribution in [2.45, 2.75) is 27.7 Å². The number of thiophene rings is 4. The number of hydrogen-bond acceptors (Lipinski definition) is 8. The van der Waals surface area contributed by atoms with E-state index in [-0.39, 0.29) is 0 Å². The molecule has 0 aliphatic rings. The third-order valence-electron chi connectivity index (χ3n) is 5.89. The standard InChI is InChI=1S/C24H16N2S6/c1-9-7-27-19-11(3)21(31-17(9)19)23-25-13-5-16-14(6-15(13)29-23)26-24(30-16)22-12(4)20-18(32-22)10(2)8-28-20/h5-8H,1-4H3. The molecule has 0 radical (unpaired) electrons. The van der Waals surface area contributed by atoms with Crippen LogP contribution in [0.4, 0.5) is 0 Å². The molecule has 0 aliphatic heterocycles. The van der Waals surface area contributed by atoms with E-state index in [0.717, 1.165) is 21.0 Å². The number of nitrogens with zero attached hydrogens (tertiary/aromatic N) is 2. The Labute approximate surface area is 208 Å². The summed E-state index contributed by atoms with van der Waals surface area (Å²) in [6, 6.07) is 4.47. The fraction of sp³-hybridized carbons (Fsp3) is 0.167. The van der Waals surface area contributed by atoms with Crippen LogP contribution < -0.4 is 0 Å². The molecule has 0 spiro atoms. The van der Waals surface area contributed by atoms with Crippen LogP contribution in [-0.2, 0) is 0 Å². The second kappa shape index (κ2) is 6.91. The highest BCUT2D eigenvalue weighted by Gasteiger charge is 2.20. The zero-order valence-corrected chi connectivity index (χ0v) is 22.6. The SMILES string of the molecule is Cc1csc2c(C)c(-c3nc4cc5sc(-c6sc7c(C)csc7c6C)nc5cc4s3)sc12. The maximum atomic E-state index is 5.05. The van der Waals surface area contributed by atoms with E-state index in [2.05, 4.69) is 50.6 Å². The van der Waals surface area contributed by atoms with Crippen molar-refractivity contribution in [3.05, 3.63) is 45.1 Å². The predicted molar refractivity (Wildman–Crippen MR) is 149 cm³/mol. The Morgan fingerprint density at radius 2 is 1.00 bits per heavy atom. The Kier molecular flexibility index (Phi) is 4.27.